The topological polar surface area (TPSA) is 69.4 Å². The lowest BCUT2D eigenvalue weighted by Crippen LogP contribution is -2.31. The van der Waals surface area contributed by atoms with Gasteiger partial charge in [0.15, 0.2) is 11.6 Å². The fourth-order valence-corrected chi connectivity index (χ4v) is 4.50. The van der Waals surface area contributed by atoms with Crippen LogP contribution in [0.3, 0.4) is 0 Å². The first-order chi connectivity index (χ1) is 16.5. The summed E-state index contributed by atoms with van der Waals surface area (Å²) in [6.07, 6.45) is 5.08. The lowest BCUT2D eigenvalue weighted by Gasteiger charge is -2.15. The molecule has 0 radical (unpaired) electrons. The summed E-state index contributed by atoms with van der Waals surface area (Å²) >= 11 is 5.97. The summed E-state index contributed by atoms with van der Waals surface area (Å²) in [6, 6.07) is 12.5. The summed E-state index contributed by atoms with van der Waals surface area (Å²) in [5, 5.41) is 0.474. The van der Waals surface area contributed by atoms with Crippen LogP contribution in [0.1, 0.15) is 12.5 Å². The van der Waals surface area contributed by atoms with E-state index >= 15 is 0 Å². The number of benzene rings is 2. The maximum absolute atomic E-state index is 15.0. The quantitative estimate of drug-likeness (QED) is 0.389. The molecule has 1 aliphatic heterocycles. The average molecular weight is 479 g/mol. The number of carbonyl (C=O) groups is 1. The number of hydrogen-bond donors (Lipinski definition) is 0. The van der Waals surface area contributed by atoms with Crippen LogP contribution in [0, 0.1) is 5.82 Å². The van der Waals surface area contributed by atoms with Crippen molar-refractivity contribution in [1.82, 2.24) is 19.0 Å². The highest BCUT2D eigenvalue weighted by Gasteiger charge is 2.30. The predicted octanol–water partition coefficient (Wildman–Crippen LogP) is 4.73. The van der Waals surface area contributed by atoms with Gasteiger partial charge in [0.1, 0.15) is 5.75 Å². The number of pyridine rings is 1. The fraction of sp³-hybridized carbons (Fsp3) is 0.160. The molecule has 34 heavy (non-hydrogen) atoms. The van der Waals surface area contributed by atoms with Crippen molar-refractivity contribution in [3.8, 4) is 17.2 Å². The van der Waals surface area contributed by atoms with E-state index in [4.69, 9.17) is 16.3 Å². The summed E-state index contributed by atoms with van der Waals surface area (Å²) in [4.78, 5) is 31.4. The molecule has 2 aromatic carbocycles. The highest BCUT2D eigenvalue weighted by atomic mass is 35.5. The molecule has 7 nitrogen and oxygen atoms in total. The average Bonchev–Trinajstić information content (AvgIpc) is 3.42. The van der Waals surface area contributed by atoms with Crippen molar-refractivity contribution in [1.29, 1.82) is 0 Å². The summed E-state index contributed by atoms with van der Waals surface area (Å²) in [5.74, 6) is -0.386. The van der Waals surface area contributed by atoms with Gasteiger partial charge in [0.05, 0.1) is 29.0 Å². The van der Waals surface area contributed by atoms with E-state index in [1.165, 1.54) is 22.8 Å². The number of halogens is 2. The van der Waals surface area contributed by atoms with E-state index in [0.29, 0.717) is 47.0 Å². The van der Waals surface area contributed by atoms with Gasteiger partial charge < -0.3 is 9.64 Å². The van der Waals surface area contributed by atoms with Crippen LogP contribution >= 0.6 is 11.6 Å². The Morgan fingerprint density at radius 3 is 2.82 bits per heavy atom. The van der Waals surface area contributed by atoms with Gasteiger partial charge in [-0.25, -0.2) is 9.18 Å². The standard InChI is InChI=1S/C25H20ClFN4O3/c1-2-24(32)29-11-9-18(15-29)31-21-8-10-28-14-22(21)30(25(31)33)17-6-7-23(20(27)13-17)34-19-5-3-4-16(26)12-19/h2-8,10,12-14,18H,1,9,11,15H2/t18-/m1/s1. The molecule has 2 aromatic heterocycles. The minimum absolute atomic E-state index is 0.00954. The zero-order chi connectivity index (χ0) is 23.8. The molecule has 5 rings (SSSR count). The van der Waals surface area contributed by atoms with Gasteiger partial charge in [-0.3, -0.25) is 18.9 Å². The third-order valence-corrected chi connectivity index (χ3v) is 6.12. The Hall–Kier alpha value is -3.91. The van der Waals surface area contributed by atoms with Crippen molar-refractivity contribution in [3.63, 3.8) is 0 Å². The van der Waals surface area contributed by atoms with Crippen LogP contribution in [-0.2, 0) is 4.79 Å². The molecule has 1 fully saturated rings. The Morgan fingerprint density at radius 2 is 2.06 bits per heavy atom. The molecule has 0 saturated carbocycles. The third-order valence-electron chi connectivity index (χ3n) is 5.89. The third kappa shape index (κ3) is 3.86. The van der Waals surface area contributed by atoms with Gasteiger partial charge in [0, 0.05) is 30.4 Å². The Kier molecular flexibility index (Phi) is 5.67. The smallest absolute Gasteiger partial charge is 0.334 e. The van der Waals surface area contributed by atoms with Crippen molar-refractivity contribution in [3.05, 3.63) is 94.9 Å². The fourth-order valence-electron chi connectivity index (χ4n) is 4.32. The van der Waals surface area contributed by atoms with Gasteiger partial charge in [-0.2, -0.15) is 0 Å². The second-order valence-electron chi connectivity index (χ2n) is 7.96. The van der Waals surface area contributed by atoms with E-state index in [0.717, 1.165) is 0 Å². The van der Waals surface area contributed by atoms with E-state index in [1.807, 2.05) is 0 Å². The van der Waals surface area contributed by atoms with Crippen LogP contribution in [0.25, 0.3) is 16.7 Å². The Balaban J connectivity index is 1.54. The van der Waals surface area contributed by atoms with Gasteiger partial charge in [-0.1, -0.05) is 24.2 Å². The maximum atomic E-state index is 15.0. The van der Waals surface area contributed by atoms with E-state index < -0.39 is 5.82 Å². The molecule has 0 spiro atoms. The number of ether oxygens (including phenoxy) is 1. The van der Waals surface area contributed by atoms with Crippen LogP contribution in [0.15, 0.2) is 78.4 Å². The van der Waals surface area contributed by atoms with Gasteiger partial charge in [0.25, 0.3) is 0 Å². The molecule has 1 saturated heterocycles. The van der Waals surface area contributed by atoms with Crippen molar-refractivity contribution >= 4 is 28.5 Å². The molecule has 3 heterocycles. The predicted molar refractivity (Wildman–Crippen MR) is 127 cm³/mol. The number of carbonyl (C=O) groups excluding carboxylic acids is 1. The Labute approximate surface area is 199 Å². The lowest BCUT2D eigenvalue weighted by molar-refractivity contribution is -0.125. The van der Waals surface area contributed by atoms with E-state index in [-0.39, 0.29) is 23.4 Å². The maximum Gasteiger partial charge on any atom is 0.334 e. The van der Waals surface area contributed by atoms with E-state index in [2.05, 4.69) is 11.6 Å². The van der Waals surface area contributed by atoms with E-state index in [1.54, 1.807) is 58.3 Å². The number of imidazole rings is 1. The minimum atomic E-state index is -0.627. The minimum Gasteiger partial charge on any atom is -0.454 e. The molecule has 172 valence electrons. The number of likely N-dealkylation sites (tertiary alicyclic amines) is 1. The Morgan fingerprint density at radius 1 is 1.21 bits per heavy atom. The molecule has 0 bridgehead atoms. The number of aromatic nitrogens is 3. The largest absolute Gasteiger partial charge is 0.454 e. The number of hydrogen-bond acceptors (Lipinski definition) is 4. The van der Waals surface area contributed by atoms with Gasteiger partial charge in [-0.15, -0.1) is 0 Å². The van der Waals surface area contributed by atoms with Crippen LogP contribution < -0.4 is 10.4 Å². The summed E-state index contributed by atoms with van der Waals surface area (Å²) in [5.41, 5.74) is 1.22. The van der Waals surface area contributed by atoms with E-state index in [9.17, 15) is 14.0 Å². The first kappa shape index (κ1) is 21.9. The zero-order valence-electron chi connectivity index (χ0n) is 18.0. The molecule has 4 aromatic rings. The first-order valence-corrected chi connectivity index (χ1v) is 11.1. The molecule has 1 atom stereocenters. The van der Waals surface area contributed by atoms with Crippen LogP contribution in [-0.4, -0.2) is 38.0 Å². The summed E-state index contributed by atoms with van der Waals surface area (Å²) < 4.78 is 23.7. The van der Waals surface area contributed by atoms with Crippen LogP contribution in [0.5, 0.6) is 11.5 Å². The molecule has 9 heteroatoms. The Bertz CT molecular complexity index is 1480. The van der Waals surface area contributed by atoms with Gasteiger partial charge in [-0.05, 0) is 48.9 Å². The second-order valence-corrected chi connectivity index (χ2v) is 8.39. The number of nitrogens with zero attached hydrogens (tertiary/aromatic N) is 4. The van der Waals surface area contributed by atoms with Gasteiger partial charge >= 0.3 is 5.69 Å². The lowest BCUT2D eigenvalue weighted by atomic mass is 10.2. The molecule has 0 unspecified atom stereocenters. The molecule has 1 aliphatic rings. The zero-order valence-corrected chi connectivity index (χ0v) is 18.8. The molecule has 0 aliphatic carbocycles. The van der Waals surface area contributed by atoms with Crippen molar-refractivity contribution in [2.24, 2.45) is 0 Å². The van der Waals surface area contributed by atoms with Crippen LogP contribution in [0.4, 0.5) is 4.39 Å². The first-order valence-electron chi connectivity index (χ1n) is 10.7. The van der Waals surface area contributed by atoms with Crippen molar-refractivity contribution in [2.75, 3.05) is 13.1 Å². The highest BCUT2D eigenvalue weighted by Crippen LogP contribution is 2.30. The van der Waals surface area contributed by atoms with Crippen molar-refractivity contribution in [2.45, 2.75) is 12.5 Å². The normalized spacial score (nSPS) is 15.6. The summed E-state index contributed by atoms with van der Waals surface area (Å²) in [7, 11) is 0. The van der Waals surface area contributed by atoms with Crippen LogP contribution in [0.2, 0.25) is 5.02 Å². The number of fused-ring (bicyclic) bond motifs is 1. The summed E-state index contributed by atoms with van der Waals surface area (Å²) in [6.45, 7) is 4.46. The molecular weight excluding hydrogens is 459 g/mol. The monoisotopic (exact) mass is 478 g/mol. The number of rotatable bonds is 5. The number of amides is 1. The van der Waals surface area contributed by atoms with Crippen molar-refractivity contribution < 1.29 is 13.9 Å². The SMILES string of the molecule is C=CC(=O)N1CC[C@@H](n2c(=O)n(-c3ccc(Oc4cccc(Cl)c4)c(F)c3)c3cnccc32)C1. The second kappa shape index (κ2) is 8.79. The van der Waals surface area contributed by atoms with Gasteiger partial charge in [0.2, 0.25) is 5.91 Å². The molecule has 0 N–H and O–H groups in total. The molecular formula is C25H20ClFN4O3. The highest BCUT2D eigenvalue weighted by molar-refractivity contribution is 6.30. The molecule has 1 amide bonds.